The summed E-state index contributed by atoms with van der Waals surface area (Å²) in [5.74, 6) is -0.416. The normalized spacial score (nSPS) is 14.7. The van der Waals surface area contributed by atoms with Crippen molar-refractivity contribution in [1.82, 2.24) is 0 Å². The van der Waals surface area contributed by atoms with Gasteiger partial charge in [-0.15, -0.1) is 0 Å². The number of carbonyl (C=O) groups excluding carboxylic acids is 1. The van der Waals surface area contributed by atoms with Crippen molar-refractivity contribution in [3.8, 4) is 17.2 Å². The Kier molecular flexibility index (Phi) is 3.47. The van der Waals surface area contributed by atoms with Crippen molar-refractivity contribution < 1.29 is 34.2 Å². The van der Waals surface area contributed by atoms with E-state index in [1.807, 2.05) is 0 Å². The first-order chi connectivity index (χ1) is 9.06. The standard InChI is InChI=1S/C11H13NO7/c1-16-8-5-4-19-11(13)6(5)7(12(14)15)9(17-2)10(8)18-3/h12,14H,4H2,1-3H3. The predicted molar refractivity (Wildman–Crippen MR) is 61.0 cm³/mol. The zero-order chi connectivity index (χ0) is 14.2. The molecule has 1 unspecified atom stereocenters. The summed E-state index contributed by atoms with van der Waals surface area (Å²) < 4.78 is 20.2. The van der Waals surface area contributed by atoms with Gasteiger partial charge in [0, 0.05) is 0 Å². The van der Waals surface area contributed by atoms with Crippen LogP contribution in [0.2, 0.25) is 0 Å². The number of carbonyl (C=O) groups is 1. The van der Waals surface area contributed by atoms with Crippen LogP contribution in [0.5, 0.6) is 17.2 Å². The van der Waals surface area contributed by atoms with Crippen LogP contribution >= 0.6 is 0 Å². The first-order valence-corrected chi connectivity index (χ1v) is 5.32. The molecule has 0 saturated carbocycles. The third-order valence-electron chi connectivity index (χ3n) is 2.84. The van der Waals surface area contributed by atoms with Gasteiger partial charge < -0.3 is 24.2 Å². The number of hydrogen-bond donors (Lipinski definition) is 2. The van der Waals surface area contributed by atoms with Crippen LogP contribution in [0.4, 0.5) is 5.69 Å². The molecule has 104 valence electrons. The second-order valence-corrected chi connectivity index (χ2v) is 3.71. The Balaban J connectivity index is 2.87. The van der Waals surface area contributed by atoms with Gasteiger partial charge in [0.15, 0.2) is 5.75 Å². The fourth-order valence-electron chi connectivity index (χ4n) is 2.10. The quantitative estimate of drug-likeness (QED) is 0.577. The maximum absolute atomic E-state index is 11.7. The second-order valence-electron chi connectivity index (χ2n) is 3.71. The Bertz CT molecular complexity index is 527. The Labute approximate surface area is 108 Å². The monoisotopic (exact) mass is 271 g/mol. The first kappa shape index (κ1) is 13.4. The highest BCUT2D eigenvalue weighted by Gasteiger charge is 2.38. The number of benzene rings is 1. The molecule has 0 saturated heterocycles. The predicted octanol–water partition coefficient (Wildman–Crippen LogP) is -0.214. The lowest BCUT2D eigenvalue weighted by Crippen LogP contribution is -2.99. The van der Waals surface area contributed by atoms with E-state index >= 15 is 0 Å². The lowest BCUT2D eigenvalue weighted by atomic mass is 10.0. The average molecular weight is 271 g/mol. The van der Waals surface area contributed by atoms with Crippen molar-refractivity contribution in [2.75, 3.05) is 21.3 Å². The van der Waals surface area contributed by atoms with E-state index in [0.29, 0.717) is 5.56 Å². The minimum atomic E-state index is -1.30. The number of rotatable bonds is 4. The molecule has 1 heterocycles. The number of fused-ring (bicyclic) bond motifs is 1. The highest BCUT2D eigenvalue weighted by Crippen LogP contribution is 2.48. The van der Waals surface area contributed by atoms with E-state index in [0.717, 1.165) is 0 Å². The van der Waals surface area contributed by atoms with Gasteiger partial charge in [0.2, 0.25) is 17.2 Å². The van der Waals surface area contributed by atoms with Gasteiger partial charge >= 0.3 is 5.97 Å². The molecule has 0 amide bonds. The largest absolute Gasteiger partial charge is 0.595 e. The van der Waals surface area contributed by atoms with E-state index in [9.17, 15) is 15.2 Å². The summed E-state index contributed by atoms with van der Waals surface area (Å²) in [6, 6.07) is 0. The maximum Gasteiger partial charge on any atom is 0.345 e. The molecule has 19 heavy (non-hydrogen) atoms. The van der Waals surface area contributed by atoms with Crippen LogP contribution in [-0.4, -0.2) is 32.5 Å². The van der Waals surface area contributed by atoms with Crippen molar-refractivity contribution in [1.29, 1.82) is 0 Å². The molecule has 0 spiro atoms. The summed E-state index contributed by atoms with van der Waals surface area (Å²) in [5, 5.41) is 19.3. The van der Waals surface area contributed by atoms with E-state index in [1.165, 1.54) is 21.3 Å². The molecule has 1 aliphatic heterocycles. The second kappa shape index (κ2) is 4.92. The molecule has 1 aromatic carbocycles. The molecular weight excluding hydrogens is 258 g/mol. The molecule has 0 fully saturated rings. The Morgan fingerprint density at radius 3 is 2.21 bits per heavy atom. The van der Waals surface area contributed by atoms with Crippen LogP contribution in [0.25, 0.3) is 0 Å². The van der Waals surface area contributed by atoms with E-state index < -0.39 is 11.2 Å². The van der Waals surface area contributed by atoms with E-state index in [-0.39, 0.29) is 35.1 Å². The van der Waals surface area contributed by atoms with Crippen LogP contribution in [0, 0.1) is 5.21 Å². The molecule has 0 aliphatic carbocycles. The topological polar surface area (TPSA) is 102 Å². The number of quaternary nitrogens is 1. The number of esters is 1. The van der Waals surface area contributed by atoms with E-state index in [2.05, 4.69) is 0 Å². The lowest BCUT2D eigenvalue weighted by molar-refractivity contribution is -0.991. The fourth-order valence-corrected chi connectivity index (χ4v) is 2.10. The smallest absolute Gasteiger partial charge is 0.345 e. The zero-order valence-electron chi connectivity index (χ0n) is 10.6. The minimum Gasteiger partial charge on any atom is -0.595 e. The molecule has 1 aromatic rings. The van der Waals surface area contributed by atoms with Crippen LogP contribution in [0.3, 0.4) is 0 Å². The van der Waals surface area contributed by atoms with Crippen molar-refractivity contribution in [2.24, 2.45) is 0 Å². The third kappa shape index (κ3) is 1.86. The third-order valence-corrected chi connectivity index (χ3v) is 2.84. The van der Waals surface area contributed by atoms with Crippen LogP contribution in [-0.2, 0) is 11.3 Å². The van der Waals surface area contributed by atoms with E-state index in [1.54, 1.807) is 0 Å². The van der Waals surface area contributed by atoms with Crippen molar-refractivity contribution in [2.45, 2.75) is 6.61 Å². The highest BCUT2D eigenvalue weighted by atomic mass is 16.8. The van der Waals surface area contributed by atoms with Gasteiger partial charge in [0.1, 0.15) is 12.2 Å². The van der Waals surface area contributed by atoms with Crippen LogP contribution in [0.15, 0.2) is 0 Å². The number of ether oxygens (including phenoxy) is 4. The fraction of sp³-hybridized carbons (Fsp3) is 0.364. The van der Waals surface area contributed by atoms with Gasteiger partial charge in [0.25, 0.3) is 0 Å². The van der Waals surface area contributed by atoms with E-state index in [4.69, 9.17) is 18.9 Å². The highest BCUT2D eigenvalue weighted by molar-refractivity contribution is 6.01. The SMILES string of the molecule is COc1c2c(c([NH+]([O-])O)c(OC)c1OC)C(=O)OC2. The van der Waals surface area contributed by atoms with Gasteiger partial charge in [-0.05, 0) is 0 Å². The molecule has 1 aliphatic rings. The molecule has 8 heteroatoms. The Hall–Kier alpha value is -2.03. The molecule has 0 radical (unpaired) electrons. The number of cyclic esters (lactones) is 1. The van der Waals surface area contributed by atoms with Gasteiger partial charge in [-0.3, -0.25) is 0 Å². The van der Waals surface area contributed by atoms with Gasteiger partial charge in [-0.1, -0.05) is 0 Å². The molecule has 2 rings (SSSR count). The Morgan fingerprint density at radius 2 is 1.74 bits per heavy atom. The van der Waals surface area contributed by atoms with Crippen LogP contribution < -0.4 is 19.4 Å². The first-order valence-electron chi connectivity index (χ1n) is 5.32. The van der Waals surface area contributed by atoms with Crippen molar-refractivity contribution in [3.05, 3.63) is 16.3 Å². The summed E-state index contributed by atoms with van der Waals surface area (Å²) in [6.07, 6.45) is 0. The number of nitrogens with one attached hydrogen (secondary N) is 1. The minimum absolute atomic E-state index is 0.0537. The molecule has 8 nitrogen and oxygen atoms in total. The maximum atomic E-state index is 11.7. The molecular formula is C11H13NO7. The summed E-state index contributed by atoms with van der Waals surface area (Å²) in [7, 11) is 4.03. The van der Waals surface area contributed by atoms with Gasteiger partial charge in [-0.2, -0.15) is 5.23 Å². The van der Waals surface area contributed by atoms with Gasteiger partial charge in [0.05, 0.1) is 26.9 Å². The van der Waals surface area contributed by atoms with Gasteiger partial charge in [-0.25, -0.2) is 10.0 Å². The Morgan fingerprint density at radius 1 is 1.16 bits per heavy atom. The summed E-state index contributed by atoms with van der Waals surface area (Å²) in [5.41, 5.74) is 0.0159. The summed E-state index contributed by atoms with van der Waals surface area (Å²) in [6.45, 7) is -0.0576. The molecule has 0 bridgehead atoms. The lowest BCUT2D eigenvalue weighted by Gasteiger charge is -2.21. The van der Waals surface area contributed by atoms with Crippen molar-refractivity contribution in [3.63, 3.8) is 0 Å². The molecule has 0 aromatic heterocycles. The zero-order valence-corrected chi connectivity index (χ0v) is 10.6. The summed E-state index contributed by atoms with van der Waals surface area (Å²) >= 11 is 0. The summed E-state index contributed by atoms with van der Waals surface area (Å²) in [4.78, 5) is 11.7. The average Bonchev–Trinajstić information content (AvgIpc) is 2.77. The molecule has 1 atom stereocenters. The van der Waals surface area contributed by atoms with Crippen molar-refractivity contribution >= 4 is 11.7 Å². The number of hydrogen-bond acceptors (Lipinski definition) is 7. The molecule has 2 N–H and O–H groups in total. The number of methoxy groups -OCH3 is 3. The van der Waals surface area contributed by atoms with Crippen LogP contribution in [0.1, 0.15) is 15.9 Å².